The maximum absolute atomic E-state index is 13.1. The van der Waals surface area contributed by atoms with E-state index >= 15 is 0 Å². The number of ether oxygens (including phenoxy) is 1. The number of hydrogen-bond acceptors (Lipinski definition) is 3. The summed E-state index contributed by atoms with van der Waals surface area (Å²) in [4.78, 5) is 25.7. The first kappa shape index (κ1) is 16.0. The maximum atomic E-state index is 13.1. The highest BCUT2D eigenvalue weighted by Crippen LogP contribution is 2.41. The van der Waals surface area contributed by atoms with E-state index in [1.807, 2.05) is 48.5 Å². The molecule has 0 bridgehead atoms. The second-order valence-electron chi connectivity index (χ2n) is 6.43. The molecule has 0 radical (unpaired) electrons. The lowest BCUT2D eigenvalue weighted by Gasteiger charge is -2.21. The van der Waals surface area contributed by atoms with Crippen LogP contribution in [0.15, 0.2) is 65.1 Å². The van der Waals surface area contributed by atoms with Crippen LogP contribution in [0.3, 0.4) is 0 Å². The molecular weight excluding hydrogens is 380 g/mol. The highest BCUT2D eigenvalue weighted by molar-refractivity contribution is 9.10. The van der Waals surface area contributed by atoms with Crippen molar-refractivity contribution in [1.29, 1.82) is 0 Å². The summed E-state index contributed by atoms with van der Waals surface area (Å²) in [6, 6.07) is 18.6. The fourth-order valence-electron chi connectivity index (χ4n) is 3.28. The average Bonchev–Trinajstić information content (AvgIpc) is 2.86. The van der Waals surface area contributed by atoms with Gasteiger partial charge >= 0.3 is 0 Å². The van der Waals surface area contributed by atoms with Crippen LogP contribution in [0, 0.1) is 0 Å². The Labute approximate surface area is 153 Å². The third-order valence-corrected chi connectivity index (χ3v) is 5.13. The van der Waals surface area contributed by atoms with Crippen LogP contribution >= 0.6 is 15.9 Å². The number of ketones is 2. The number of benzene rings is 3. The molecule has 3 aromatic carbocycles. The second-order valence-corrected chi connectivity index (χ2v) is 7.34. The van der Waals surface area contributed by atoms with E-state index in [1.54, 1.807) is 19.1 Å². The van der Waals surface area contributed by atoms with Crippen LogP contribution in [-0.2, 0) is 0 Å². The van der Waals surface area contributed by atoms with Crippen molar-refractivity contribution in [3.8, 4) is 5.75 Å². The predicted octanol–water partition coefficient (Wildman–Crippen LogP) is 5.21. The number of halogens is 1. The molecule has 1 unspecified atom stereocenters. The summed E-state index contributed by atoms with van der Waals surface area (Å²) in [6.07, 6.45) is 0.0104. The lowest BCUT2D eigenvalue weighted by atomic mass is 9.88. The van der Waals surface area contributed by atoms with Gasteiger partial charge in [0.25, 0.3) is 0 Å². The number of carbonyl (C=O) groups excluding carboxylic acids is 2. The molecule has 3 aromatic rings. The Bertz CT molecular complexity index is 1010. The van der Waals surface area contributed by atoms with Gasteiger partial charge in [0.15, 0.2) is 11.4 Å². The number of fused-ring (bicyclic) bond motifs is 3. The molecule has 0 aromatic heterocycles. The molecule has 1 atom stereocenters. The molecule has 0 N–H and O–H groups in total. The van der Waals surface area contributed by atoms with E-state index in [4.69, 9.17) is 4.74 Å². The van der Waals surface area contributed by atoms with Gasteiger partial charge in [0.1, 0.15) is 5.75 Å². The van der Waals surface area contributed by atoms with E-state index in [1.165, 1.54) is 0 Å². The largest absolute Gasteiger partial charge is 0.478 e. The lowest BCUT2D eigenvalue weighted by molar-refractivity contribution is 0.0554. The fraction of sp³-hybridized carbons (Fsp3) is 0.143. The zero-order valence-electron chi connectivity index (χ0n) is 13.6. The first-order valence-corrected chi connectivity index (χ1v) is 8.81. The molecule has 0 fully saturated rings. The minimum Gasteiger partial charge on any atom is -0.478 e. The van der Waals surface area contributed by atoms with Crippen molar-refractivity contribution in [1.82, 2.24) is 0 Å². The molecule has 1 aliphatic rings. The van der Waals surface area contributed by atoms with Gasteiger partial charge in [-0.2, -0.15) is 0 Å². The van der Waals surface area contributed by atoms with E-state index in [0.717, 1.165) is 15.2 Å². The van der Waals surface area contributed by atoms with E-state index in [9.17, 15) is 9.59 Å². The van der Waals surface area contributed by atoms with Crippen LogP contribution in [-0.4, -0.2) is 17.2 Å². The van der Waals surface area contributed by atoms with Crippen molar-refractivity contribution >= 4 is 38.3 Å². The molecule has 1 aliphatic heterocycles. The predicted molar refractivity (Wildman–Crippen MR) is 100 cm³/mol. The van der Waals surface area contributed by atoms with Crippen LogP contribution in [0.5, 0.6) is 5.75 Å². The van der Waals surface area contributed by atoms with Crippen LogP contribution in [0.2, 0.25) is 0 Å². The van der Waals surface area contributed by atoms with E-state index in [0.29, 0.717) is 16.9 Å². The van der Waals surface area contributed by atoms with Gasteiger partial charge in [0.05, 0.1) is 12.0 Å². The van der Waals surface area contributed by atoms with Gasteiger partial charge in [-0.25, -0.2) is 0 Å². The Kier molecular flexibility index (Phi) is 3.73. The smallest absolute Gasteiger partial charge is 0.210 e. The molecule has 0 aliphatic carbocycles. The van der Waals surface area contributed by atoms with Crippen molar-refractivity contribution in [2.75, 3.05) is 0 Å². The van der Waals surface area contributed by atoms with Crippen LogP contribution < -0.4 is 4.74 Å². The van der Waals surface area contributed by atoms with Crippen LogP contribution in [0.1, 0.15) is 34.1 Å². The SMILES string of the molecule is CC1(CC(=O)c2ccc(Br)cc2)Oc2ccc3ccccc3c2C1=O. The lowest BCUT2D eigenvalue weighted by Crippen LogP contribution is -2.38. The summed E-state index contributed by atoms with van der Waals surface area (Å²) in [6.45, 7) is 1.70. The third kappa shape index (κ3) is 2.67. The van der Waals surface area contributed by atoms with E-state index in [2.05, 4.69) is 15.9 Å². The van der Waals surface area contributed by atoms with Crippen molar-refractivity contribution in [2.45, 2.75) is 18.9 Å². The minimum absolute atomic E-state index is 0.0104. The highest BCUT2D eigenvalue weighted by atomic mass is 79.9. The molecule has 1 heterocycles. The van der Waals surface area contributed by atoms with Gasteiger partial charge in [-0.15, -0.1) is 0 Å². The van der Waals surface area contributed by atoms with Gasteiger partial charge in [-0.05, 0) is 35.9 Å². The highest BCUT2D eigenvalue weighted by Gasteiger charge is 2.46. The zero-order chi connectivity index (χ0) is 17.6. The summed E-state index contributed by atoms with van der Waals surface area (Å²) in [7, 11) is 0. The molecule has 0 spiro atoms. The Balaban J connectivity index is 1.69. The topological polar surface area (TPSA) is 43.4 Å². The zero-order valence-corrected chi connectivity index (χ0v) is 15.2. The fourth-order valence-corrected chi connectivity index (χ4v) is 3.55. The summed E-state index contributed by atoms with van der Waals surface area (Å²) in [5.41, 5.74) is -0.0257. The average molecular weight is 395 g/mol. The molecule has 0 saturated carbocycles. The van der Waals surface area contributed by atoms with Gasteiger partial charge in [0.2, 0.25) is 5.78 Å². The molecule has 0 saturated heterocycles. The van der Waals surface area contributed by atoms with Crippen molar-refractivity contribution in [3.05, 3.63) is 76.3 Å². The quantitative estimate of drug-likeness (QED) is 0.572. The second kappa shape index (κ2) is 5.81. The van der Waals surface area contributed by atoms with Gasteiger partial charge in [-0.1, -0.05) is 58.4 Å². The number of carbonyl (C=O) groups is 2. The summed E-state index contributed by atoms with van der Waals surface area (Å²) < 4.78 is 6.86. The first-order valence-electron chi connectivity index (χ1n) is 8.02. The van der Waals surface area contributed by atoms with E-state index in [-0.39, 0.29) is 18.0 Å². The standard InChI is InChI=1S/C21H15BrO3/c1-21(12-17(23)14-6-9-15(22)10-7-14)20(24)19-16-5-3-2-4-13(16)8-11-18(19)25-21/h2-11H,12H2,1H3. The number of rotatable bonds is 3. The summed E-state index contributed by atoms with van der Waals surface area (Å²) in [5, 5.41) is 1.85. The normalized spacial score (nSPS) is 18.9. The molecule has 4 rings (SSSR count). The van der Waals surface area contributed by atoms with Gasteiger partial charge < -0.3 is 4.74 Å². The molecule has 4 heteroatoms. The Morgan fingerprint density at radius 3 is 2.52 bits per heavy atom. The molecule has 0 amide bonds. The molecule has 25 heavy (non-hydrogen) atoms. The number of Topliss-reactive ketones (excluding diaryl/α,β-unsaturated/α-hetero) is 2. The van der Waals surface area contributed by atoms with E-state index < -0.39 is 5.60 Å². The van der Waals surface area contributed by atoms with Crippen LogP contribution in [0.25, 0.3) is 10.8 Å². The molecule has 3 nitrogen and oxygen atoms in total. The monoisotopic (exact) mass is 394 g/mol. The van der Waals surface area contributed by atoms with Gasteiger partial charge in [-0.3, -0.25) is 9.59 Å². The minimum atomic E-state index is -1.17. The maximum Gasteiger partial charge on any atom is 0.210 e. The Morgan fingerprint density at radius 1 is 1.04 bits per heavy atom. The summed E-state index contributed by atoms with van der Waals surface area (Å²) >= 11 is 3.36. The first-order chi connectivity index (χ1) is 12.0. The molecular formula is C21H15BrO3. The summed E-state index contributed by atoms with van der Waals surface area (Å²) in [5.74, 6) is 0.306. The molecule has 124 valence electrons. The van der Waals surface area contributed by atoms with Gasteiger partial charge in [0, 0.05) is 10.0 Å². The Hall–Kier alpha value is -2.46. The van der Waals surface area contributed by atoms with Crippen molar-refractivity contribution in [2.24, 2.45) is 0 Å². The van der Waals surface area contributed by atoms with Crippen molar-refractivity contribution in [3.63, 3.8) is 0 Å². The van der Waals surface area contributed by atoms with Crippen LogP contribution in [0.4, 0.5) is 0 Å². The number of hydrogen-bond donors (Lipinski definition) is 0. The third-order valence-electron chi connectivity index (χ3n) is 4.60. The van der Waals surface area contributed by atoms with Crippen molar-refractivity contribution < 1.29 is 14.3 Å². The Morgan fingerprint density at radius 2 is 1.76 bits per heavy atom.